The van der Waals surface area contributed by atoms with Crippen LogP contribution >= 0.6 is 0 Å². The topological polar surface area (TPSA) is 82.7 Å². The van der Waals surface area contributed by atoms with E-state index in [1.165, 1.54) is 11.0 Å². The van der Waals surface area contributed by atoms with E-state index >= 15 is 0 Å². The largest absolute Gasteiger partial charge is 0.429 e. The van der Waals surface area contributed by atoms with Crippen LogP contribution in [0, 0.1) is 17.0 Å². The van der Waals surface area contributed by atoms with Gasteiger partial charge >= 0.3 is 6.61 Å². The number of nitrogens with one attached hydrogen (secondary N) is 3. The Hall–Kier alpha value is -2.82. The molecule has 1 atom stereocenters. The minimum absolute atomic E-state index is 0.150. The van der Waals surface area contributed by atoms with Gasteiger partial charge in [0.25, 0.3) is 5.91 Å². The van der Waals surface area contributed by atoms with Crippen molar-refractivity contribution < 1.29 is 31.9 Å². The second-order valence-corrected chi connectivity index (χ2v) is 7.42. The predicted octanol–water partition coefficient (Wildman–Crippen LogP) is 1.81. The number of hydrogen-bond donors (Lipinski definition) is 3. The summed E-state index contributed by atoms with van der Waals surface area (Å²) >= 11 is 0. The Morgan fingerprint density at radius 3 is 2.72 bits per heavy atom. The average Bonchev–Trinajstić information content (AvgIpc) is 2.94. The van der Waals surface area contributed by atoms with E-state index in [9.17, 15) is 27.2 Å². The minimum Gasteiger partial charge on any atom is -0.429 e. The van der Waals surface area contributed by atoms with E-state index in [0.717, 1.165) is 12.1 Å². The van der Waals surface area contributed by atoms with Crippen molar-refractivity contribution in [2.75, 3.05) is 18.0 Å². The third-order valence-electron chi connectivity index (χ3n) is 4.92. The van der Waals surface area contributed by atoms with Gasteiger partial charge in [0.05, 0.1) is 12.2 Å². The molecule has 7 nitrogen and oxygen atoms in total. The number of rotatable bonds is 5. The SMILES string of the molecule is CC1(C)CCN(c2ccc(F)c(F)c2OC(F)F)C1C(=O)NC1=CC(=O)NNC1. The van der Waals surface area contributed by atoms with Gasteiger partial charge in [-0.3, -0.25) is 15.0 Å². The summed E-state index contributed by atoms with van der Waals surface area (Å²) < 4.78 is 57.6. The number of hydrazine groups is 1. The van der Waals surface area contributed by atoms with Crippen LogP contribution in [-0.2, 0) is 9.59 Å². The monoisotopic (exact) mass is 416 g/mol. The summed E-state index contributed by atoms with van der Waals surface area (Å²) in [6.45, 7) is 0.629. The number of ether oxygens (including phenoxy) is 1. The van der Waals surface area contributed by atoms with Crippen LogP contribution in [0.25, 0.3) is 0 Å². The quantitative estimate of drug-likeness (QED) is 0.638. The van der Waals surface area contributed by atoms with Crippen molar-refractivity contribution in [3.8, 4) is 5.75 Å². The van der Waals surface area contributed by atoms with Gasteiger partial charge < -0.3 is 15.0 Å². The molecule has 2 heterocycles. The van der Waals surface area contributed by atoms with Gasteiger partial charge in [-0.1, -0.05) is 13.8 Å². The number of carbonyl (C=O) groups excluding carboxylic acids is 2. The molecule has 0 saturated carbocycles. The highest BCUT2D eigenvalue weighted by Gasteiger charge is 2.46. The van der Waals surface area contributed by atoms with Crippen molar-refractivity contribution in [3.05, 3.63) is 35.5 Å². The summed E-state index contributed by atoms with van der Waals surface area (Å²) in [5.41, 5.74) is 4.49. The van der Waals surface area contributed by atoms with E-state index in [0.29, 0.717) is 12.1 Å². The van der Waals surface area contributed by atoms with Crippen LogP contribution in [0.5, 0.6) is 5.75 Å². The molecule has 0 aliphatic carbocycles. The van der Waals surface area contributed by atoms with Crippen molar-refractivity contribution in [2.45, 2.75) is 32.9 Å². The maximum Gasteiger partial charge on any atom is 0.387 e. The highest BCUT2D eigenvalue weighted by Crippen LogP contribution is 2.44. The van der Waals surface area contributed by atoms with E-state index in [-0.39, 0.29) is 18.8 Å². The molecule has 2 amide bonds. The molecule has 1 fully saturated rings. The number of hydrogen-bond acceptors (Lipinski definition) is 5. The summed E-state index contributed by atoms with van der Waals surface area (Å²) in [6, 6.07) is 0.992. The Bertz CT molecular complexity index is 860. The van der Waals surface area contributed by atoms with Crippen LogP contribution < -0.4 is 25.8 Å². The van der Waals surface area contributed by atoms with Crippen LogP contribution in [0.3, 0.4) is 0 Å². The number of anilines is 1. The summed E-state index contributed by atoms with van der Waals surface area (Å²) in [5.74, 6) is -4.80. The van der Waals surface area contributed by atoms with Gasteiger partial charge in [-0.05, 0) is 24.0 Å². The second-order valence-electron chi connectivity index (χ2n) is 7.42. The van der Waals surface area contributed by atoms with Gasteiger partial charge in [0.1, 0.15) is 6.04 Å². The molecule has 3 N–H and O–H groups in total. The minimum atomic E-state index is -3.37. The van der Waals surface area contributed by atoms with Crippen LogP contribution in [0.15, 0.2) is 23.9 Å². The van der Waals surface area contributed by atoms with Gasteiger partial charge in [-0.15, -0.1) is 0 Å². The summed E-state index contributed by atoms with van der Waals surface area (Å²) in [5, 5.41) is 2.63. The normalized spacial score (nSPS) is 21.1. The van der Waals surface area contributed by atoms with Crippen molar-refractivity contribution in [1.82, 2.24) is 16.2 Å². The third-order valence-corrected chi connectivity index (χ3v) is 4.92. The van der Waals surface area contributed by atoms with Crippen molar-refractivity contribution in [1.29, 1.82) is 0 Å². The highest BCUT2D eigenvalue weighted by atomic mass is 19.3. The van der Waals surface area contributed by atoms with E-state index in [1.807, 2.05) is 0 Å². The molecule has 1 saturated heterocycles. The first-order chi connectivity index (χ1) is 13.6. The summed E-state index contributed by atoms with van der Waals surface area (Å²) in [4.78, 5) is 25.8. The van der Waals surface area contributed by atoms with E-state index in [2.05, 4.69) is 20.9 Å². The lowest BCUT2D eigenvalue weighted by atomic mass is 9.84. The molecule has 1 unspecified atom stereocenters. The maximum absolute atomic E-state index is 14.2. The molecule has 0 bridgehead atoms. The number of alkyl halides is 2. The van der Waals surface area contributed by atoms with Gasteiger partial charge in [0.15, 0.2) is 11.6 Å². The highest BCUT2D eigenvalue weighted by molar-refractivity contribution is 5.92. The summed E-state index contributed by atoms with van der Waals surface area (Å²) in [7, 11) is 0. The van der Waals surface area contributed by atoms with E-state index in [1.54, 1.807) is 13.8 Å². The molecule has 0 radical (unpaired) electrons. The fourth-order valence-electron chi connectivity index (χ4n) is 3.58. The lowest BCUT2D eigenvalue weighted by molar-refractivity contribution is -0.123. The maximum atomic E-state index is 14.2. The van der Waals surface area contributed by atoms with Crippen LogP contribution in [0.1, 0.15) is 20.3 Å². The molecule has 158 valence electrons. The number of nitrogens with zero attached hydrogens (tertiary/aromatic N) is 1. The molecule has 2 aliphatic rings. The van der Waals surface area contributed by atoms with Crippen LogP contribution in [-0.4, -0.2) is 37.6 Å². The number of benzene rings is 1. The lowest BCUT2D eigenvalue weighted by Crippen LogP contribution is -2.52. The molecule has 0 spiro atoms. The first kappa shape index (κ1) is 20.9. The van der Waals surface area contributed by atoms with Gasteiger partial charge in [0, 0.05) is 18.3 Å². The lowest BCUT2D eigenvalue weighted by Gasteiger charge is -2.34. The molecule has 11 heteroatoms. The predicted molar refractivity (Wildman–Crippen MR) is 94.9 cm³/mol. The molecule has 3 rings (SSSR count). The molecule has 1 aromatic carbocycles. The fraction of sp³-hybridized carbons (Fsp3) is 0.444. The average molecular weight is 416 g/mol. The van der Waals surface area contributed by atoms with E-state index < -0.39 is 47.3 Å². The molecule has 2 aliphatic heterocycles. The second kappa shape index (κ2) is 7.90. The first-order valence-corrected chi connectivity index (χ1v) is 8.84. The fourth-order valence-corrected chi connectivity index (χ4v) is 3.58. The van der Waals surface area contributed by atoms with Crippen molar-refractivity contribution >= 4 is 17.5 Å². The zero-order valence-electron chi connectivity index (χ0n) is 15.7. The van der Waals surface area contributed by atoms with Gasteiger partial charge in [-0.2, -0.15) is 13.2 Å². The Balaban J connectivity index is 1.95. The van der Waals surface area contributed by atoms with Gasteiger partial charge in [-0.25, -0.2) is 9.82 Å². The Kier molecular flexibility index (Phi) is 5.69. The molecular formula is C18H20F4N4O3. The molecular weight excluding hydrogens is 396 g/mol. The Labute approximate surface area is 164 Å². The number of halogens is 4. The molecule has 1 aromatic rings. The third kappa shape index (κ3) is 4.29. The Morgan fingerprint density at radius 1 is 1.34 bits per heavy atom. The van der Waals surface area contributed by atoms with Crippen molar-refractivity contribution in [2.24, 2.45) is 5.41 Å². The Morgan fingerprint density at radius 2 is 2.07 bits per heavy atom. The van der Waals surface area contributed by atoms with Gasteiger partial charge in [0.2, 0.25) is 11.7 Å². The van der Waals surface area contributed by atoms with Crippen molar-refractivity contribution in [3.63, 3.8) is 0 Å². The first-order valence-electron chi connectivity index (χ1n) is 8.84. The molecule has 0 aromatic heterocycles. The van der Waals surface area contributed by atoms with E-state index in [4.69, 9.17) is 0 Å². The van der Waals surface area contributed by atoms with Crippen LogP contribution in [0.2, 0.25) is 0 Å². The molecule has 29 heavy (non-hydrogen) atoms. The van der Waals surface area contributed by atoms with Crippen LogP contribution in [0.4, 0.5) is 23.2 Å². The zero-order valence-corrected chi connectivity index (χ0v) is 15.7. The smallest absolute Gasteiger partial charge is 0.387 e. The number of carbonyl (C=O) groups is 2. The number of amides is 2. The zero-order chi connectivity index (χ0) is 21.3. The summed E-state index contributed by atoms with van der Waals surface area (Å²) in [6.07, 6.45) is 1.69. The standard InChI is InChI=1S/C18H20F4N4O3/c1-18(2)5-6-26(11-4-3-10(19)13(20)14(11)29-17(21)22)15(18)16(28)24-9-7-12(27)25-23-8-9/h3-4,7,15,17,23H,5-6,8H2,1-2H3,(H,24,28)(H,25,27).